The van der Waals surface area contributed by atoms with Crippen LogP contribution in [0.2, 0.25) is 0 Å². The molecule has 0 amide bonds. The maximum Gasteiger partial charge on any atom is 0.174 e. The van der Waals surface area contributed by atoms with Crippen LogP contribution >= 0.6 is 0 Å². The van der Waals surface area contributed by atoms with Gasteiger partial charge < -0.3 is 4.42 Å². The van der Waals surface area contributed by atoms with E-state index in [9.17, 15) is 4.79 Å². The fourth-order valence-corrected chi connectivity index (χ4v) is 2.58. The van der Waals surface area contributed by atoms with Gasteiger partial charge in [-0.3, -0.25) is 4.79 Å². The highest BCUT2D eigenvalue weighted by atomic mass is 16.3. The van der Waals surface area contributed by atoms with E-state index in [-0.39, 0.29) is 17.1 Å². The molecule has 0 unspecified atom stereocenters. The van der Waals surface area contributed by atoms with Crippen molar-refractivity contribution in [1.82, 2.24) is 0 Å². The molecular formula is C14H16O2. The van der Waals surface area contributed by atoms with Gasteiger partial charge in [0, 0.05) is 11.8 Å². The van der Waals surface area contributed by atoms with Crippen LogP contribution in [0.25, 0.3) is 0 Å². The van der Waals surface area contributed by atoms with Crippen molar-refractivity contribution in [2.24, 2.45) is 11.3 Å². The van der Waals surface area contributed by atoms with E-state index >= 15 is 0 Å². The number of rotatable bonds is 2. The number of furan rings is 1. The normalized spacial score (nSPS) is 28.6. The largest absolute Gasteiger partial charge is 0.469 e. The van der Waals surface area contributed by atoms with Crippen LogP contribution < -0.4 is 0 Å². The zero-order valence-corrected chi connectivity index (χ0v) is 9.75. The van der Waals surface area contributed by atoms with Crippen molar-refractivity contribution in [1.29, 1.82) is 0 Å². The van der Waals surface area contributed by atoms with Crippen LogP contribution in [0.3, 0.4) is 0 Å². The topological polar surface area (TPSA) is 30.2 Å². The standard InChI is InChI=1S/C14H16O2/c1-5-14(4)8-11-10(6-7-16-11)13(15)12(14)9(2)3/h5-7,12H,1-2,8H2,3-4H3/t12-,14-/m1/s1. The summed E-state index contributed by atoms with van der Waals surface area (Å²) in [5.74, 6) is 0.685. The smallest absolute Gasteiger partial charge is 0.174 e. The van der Waals surface area contributed by atoms with Gasteiger partial charge in [-0.1, -0.05) is 25.2 Å². The first-order valence-corrected chi connectivity index (χ1v) is 5.39. The molecule has 2 heteroatoms. The number of carbonyl (C=O) groups excluding carboxylic acids is 1. The molecule has 2 nitrogen and oxygen atoms in total. The number of hydrogen-bond donors (Lipinski definition) is 0. The number of allylic oxidation sites excluding steroid dienone is 2. The highest BCUT2D eigenvalue weighted by molar-refractivity contribution is 6.02. The molecule has 2 atom stereocenters. The molecule has 2 rings (SSSR count). The van der Waals surface area contributed by atoms with E-state index in [4.69, 9.17) is 4.42 Å². The third-order valence-electron chi connectivity index (χ3n) is 3.43. The number of ketones is 1. The van der Waals surface area contributed by atoms with Crippen molar-refractivity contribution < 1.29 is 9.21 Å². The van der Waals surface area contributed by atoms with Gasteiger partial charge in [-0.25, -0.2) is 0 Å². The first kappa shape index (κ1) is 10.9. The lowest BCUT2D eigenvalue weighted by molar-refractivity contribution is 0.0834. The summed E-state index contributed by atoms with van der Waals surface area (Å²) < 4.78 is 5.35. The van der Waals surface area contributed by atoms with Crippen LogP contribution in [-0.2, 0) is 6.42 Å². The molecule has 0 spiro atoms. The van der Waals surface area contributed by atoms with Gasteiger partial charge >= 0.3 is 0 Å². The SMILES string of the molecule is C=C[C@]1(C)Cc2occc2C(=O)[C@H]1C(=C)C. The molecule has 0 saturated heterocycles. The van der Waals surface area contributed by atoms with Crippen LogP contribution in [0.1, 0.15) is 30.0 Å². The van der Waals surface area contributed by atoms with E-state index in [1.807, 2.05) is 19.9 Å². The van der Waals surface area contributed by atoms with Crippen molar-refractivity contribution in [2.45, 2.75) is 20.3 Å². The fraction of sp³-hybridized carbons (Fsp3) is 0.357. The number of Topliss-reactive ketones (excluding diaryl/α,β-unsaturated/α-hetero) is 1. The van der Waals surface area contributed by atoms with Crippen LogP contribution in [0.5, 0.6) is 0 Å². The Kier molecular flexibility index (Phi) is 2.38. The Morgan fingerprint density at radius 2 is 2.38 bits per heavy atom. The van der Waals surface area contributed by atoms with Crippen LogP contribution in [0, 0.1) is 11.3 Å². The monoisotopic (exact) mass is 216 g/mol. The minimum absolute atomic E-state index is 0.102. The van der Waals surface area contributed by atoms with Crippen molar-refractivity contribution in [3.8, 4) is 0 Å². The second-order valence-electron chi connectivity index (χ2n) is 4.79. The fourth-order valence-electron chi connectivity index (χ4n) is 2.58. The molecule has 0 radical (unpaired) electrons. The summed E-state index contributed by atoms with van der Waals surface area (Å²) in [7, 11) is 0. The molecule has 1 aromatic rings. The average molecular weight is 216 g/mol. The molecule has 0 saturated carbocycles. The van der Waals surface area contributed by atoms with E-state index in [1.165, 1.54) is 0 Å². The van der Waals surface area contributed by atoms with Crippen molar-refractivity contribution in [3.05, 3.63) is 48.5 Å². The summed E-state index contributed by atoms with van der Waals surface area (Å²) in [4.78, 5) is 12.3. The lowest BCUT2D eigenvalue weighted by Gasteiger charge is -2.37. The first-order valence-electron chi connectivity index (χ1n) is 5.39. The molecule has 84 valence electrons. The summed E-state index contributed by atoms with van der Waals surface area (Å²) in [6.45, 7) is 11.7. The van der Waals surface area contributed by atoms with E-state index in [0.29, 0.717) is 12.0 Å². The summed E-state index contributed by atoms with van der Waals surface area (Å²) in [5, 5.41) is 0. The van der Waals surface area contributed by atoms with Crippen molar-refractivity contribution in [3.63, 3.8) is 0 Å². The van der Waals surface area contributed by atoms with Crippen LogP contribution in [0.4, 0.5) is 0 Å². The Hall–Kier alpha value is -1.57. The summed E-state index contributed by atoms with van der Waals surface area (Å²) in [5.41, 5.74) is 1.31. The summed E-state index contributed by atoms with van der Waals surface area (Å²) >= 11 is 0. The molecule has 1 heterocycles. The summed E-state index contributed by atoms with van der Waals surface area (Å²) in [6.07, 6.45) is 4.13. The van der Waals surface area contributed by atoms with Crippen molar-refractivity contribution >= 4 is 5.78 Å². The maximum atomic E-state index is 12.3. The molecule has 1 aliphatic carbocycles. The van der Waals surface area contributed by atoms with E-state index in [0.717, 1.165) is 11.3 Å². The molecule has 0 aliphatic heterocycles. The Labute approximate surface area is 95.7 Å². The van der Waals surface area contributed by atoms with Gasteiger partial charge in [-0.2, -0.15) is 0 Å². The highest BCUT2D eigenvalue weighted by Gasteiger charge is 2.44. The van der Waals surface area contributed by atoms with Gasteiger partial charge in [-0.15, -0.1) is 6.58 Å². The van der Waals surface area contributed by atoms with Gasteiger partial charge in [0.15, 0.2) is 5.78 Å². The zero-order valence-electron chi connectivity index (χ0n) is 9.75. The minimum atomic E-state index is -0.284. The first-order chi connectivity index (χ1) is 7.49. The predicted octanol–water partition coefficient (Wildman–Crippen LogP) is 3.40. The molecule has 0 bridgehead atoms. The number of hydrogen-bond acceptors (Lipinski definition) is 2. The minimum Gasteiger partial charge on any atom is -0.469 e. The predicted molar refractivity (Wildman–Crippen MR) is 63.4 cm³/mol. The Morgan fingerprint density at radius 1 is 1.69 bits per heavy atom. The molecule has 1 aromatic heterocycles. The van der Waals surface area contributed by atoms with Crippen molar-refractivity contribution in [2.75, 3.05) is 0 Å². The summed E-state index contributed by atoms with van der Waals surface area (Å²) in [6, 6.07) is 1.75. The van der Waals surface area contributed by atoms with E-state index < -0.39 is 0 Å². The Morgan fingerprint density at radius 3 is 2.94 bits per heavy atom. The van der Waals surface area contributed by atoms with Crippen LogP contribution in [-0.4, -0.2) is 5.78 Å². The van der Waals surface area contributed by atoms with Gasteiger partial charge in [-0.05, 0) is 13.0 Å². The zero-order chi connectivity index (χ0) is 11.9. The van der Waals surface area contributed by atoms with E-state index in [2.05, 4.69) is 13.2 Å². The second-order valence-corrected chi connectivity index (χ2v) is 4.79. The van der Waals surface area contributed by atoms with Gasteiger partial charge in [0.05, 0.1) is 17.7 Å². The molecule has 0 N–H and O–H groups in total. The number of fused-ring (bicyclic) bond motifs is 1. The van der Waals surface area contributed by atoms with Gasteiger partial charge in [0.2, 0.25) is 0 Å². The quantitative estimate of drug-likeness (QED) is 0.709. The molecule has 1 aliphatic rings. The molecular weight excluding hydrogens is 200 g/mol. The Balaban J connectivity index is 2.57. The Bertz CT molecular complexity index is 467. The lowest BCUT2D eigenvalue weighted by atomic mass is 9.64. The highest BCUT2D eigenvalue weighted by Crippen LogP contribution is 2.44. The number of carbonyl (C=O) groups is 1. The van der Waals surface area contributed by atoms with Gasteiger partial charge in [0.25, 0.3) is 0 Å². The third kappa shape index (κ3) is 1.37. The molecule has 16 heavy (non-hydrogen) atoms. The lowest BCUT2D eigenvalue weighted by Crippen LogP contribution is -2.38. The second kappa shape index (κ2) is 3.48. The maximum absolute atomic E-state index is 12.3. The third-order valence-corrected chi connectivity index (χ3v) is 3.43. The van der Waals surface area contributed by atoms with Crippen LogP contribution in [0.15, 0.2) is 41.6 Å². The molecule has 0 aromatic carbocycles. The van der Waals surface area contributed by atoms with E-state index in [1.54, 1.807) is 12.3 Å². The molecule has 0 fully saturated rings. The average Bonchev–Trinajstić information content (AvgIpc) is 2.65. The van der Waals surface area contributed by atoms with Gasteiger partial charge in [0.1, 0.15) is 5.76 Å².